The van der Waals surface area contributed by atoms with Crippen LogP contribution in [0.4, 0.5) is 0 Å². The summed E-state index contributed by atoms with van der Waals surface area (Å²) in [5.74, 6) is 0. The van der Waals surface area contributed by atoms with Crippen molar-refractivity contribution in [3.05, 3.63) is 35.2 Å². The van der Waals surface area contributed by atoms with E-state index >= 15 is 0 Å². The molecule has 0 saturated carbocycles. The van der Waals surface area contributed by atoms with Crippen molar-refractivity contribution in [3.8, 4) is 0 Å². The third-order valence-electron chi connectivity index (χ3n) is 2.26. The zero-order chi connectivity index (χ0) is 10.8. The zero-order valence-electron chi connectivity index (χ0n) is 9.27. The molecular formula is C11H15Cl2N3. The summed E-state index contributed by atoms with van der Waals surface area (Å²) in [5.41, 5.74) is 1.91. The molecule has 0 aliphatic carbocycles. The zero-order valence-corrected chi connectivity index (χ0v) is 10.8. The first-order valence-corrected chi connectivity index (χ1v) is 5.41. The minimum absolute atomic E-state index is 0. The highest BCUT2D eigenvalue weighted by Crippen LogP contribution is 2.17. The van der Waals surface area contributed by atoms with Gasteiger partial charge in [-0.25, -0.2) is 4.98 Å². The Kier molecular flexibility index (Phi) is 4.59. The molecule has 0 radical (unpaired) electrons. The summed E-state index contributed by atoms with van der Waals surface area (Å²) in [6.07, 6.45) is 1.98. The van der Waals surface area contributed by atoms with Crippen LogP contribution in [0.15, 0.2) is 24.4 Å². The lowest BCUT2D eigenvalue weighted by atomic mass is 10.3. The van der Waals surface area contributed by atoms with Gasteiger partial charge in [0.05, 0.1) is 5.69 Å². The van der Waals surface area contributed by atoms with Crippen molar-refractivity contribution in [1.29, 1.82) is 0 Å². The van der Waals surface area contributed by atoms with Gasteiger partial charge in [-0.3, -0.25) is 0 Å². The predicted octanol–water partition coefficient (Wildman–Crippen LogP) is 2.91. The van der Waals surface area contributed by atoms with Crippen molar-refractivity contribution in [3.63, 3.8) is 0 Å². The molecule has 0 spiro atoms. The number of halogens is 2. The van der Waals surface area contributed by atoms with E-state index in [-0.39, 0.29) is 12.4 Å². The minimum atomic E-state index is 0. The second kappa shape index (κ2) is 5.53. The molecule has 1 N–H and O–H groups in total. The number of fused-ring (bicyclic) bond motifs is 1. The Morgan fingerprint density at radius 2 is 2.19 bits per heavy atom. The van der Waals surface area contributed by atoms with Crippen molar-refractivity contribution in [1.82, 2.24) is 14.7 Å². The number of imidazole rings is 1. The van der Waals surface area contributed by atoms with Gasteiger partial charge < -0.3 is 9.72 Å². The molecule has 88 valence electrons. The summed E-state index contributed by atoms with van der Waals surface area (Å²) in [7, 11) is 0. The number of hydrogen-bond acceptors (Lipinski definition) is 2. The molecule has 0 fully saturated rings. The number of hydrogen-bond donors (Lipinski definition) is 1. The molecular weight excluding hydrogens is 245 g/mol. The first-order chi connectivity index (χ1) is 7.18. The highest BCUT2D eigenvalue weighted by Gasteiger charge is 2.09. The number of pyridine rings is 1. The molecule has 16 heavy (non-hydrogen) atoms. The Morgan fingerprint density at radius 3 is 2.88 bits per heavy atom. The van der Waals surface area contributed by atoms with E-state index in [1.807, 2.05) is 28.8 Å². The fourth-order valence-electron chi connectivity index (χ4n) is 1.48. The quantitative estimate of drug-likeness (QED) is 0.919. The fourth-order valence-corrected chi connectivity index (χ4v) is 1.72. The van der Waals surface area contributed by atoms with Crippen molar-refractivity contribution in [2.24, 2.45) is 0 Å². The van der Waals surface area contributed by atoms with Crippen LogP contribution in [0.25, 0.3) is 5.65 Å². The summed E-state index contributed by atoms with van der Waals surface area (Å²) < 4.78 is 2.01. The number of rotatable bonds is 3. The van der Waals surface area contributed by atoms with E-state index in [4.69, 9.17) is 11.6 Å². The average molecular weight is 260 g/mol. The molecule has 0 aliphatic heterocycles. The first-order valence-electron chi connectivity index (χ1n) is 5.03. The van der Waals surface area contributed by atoms with E-state index in [0.717, 1.165) is 17.9 Å². The summed E-state index contributed by atoms with van der Waals surface area (Å²) in [4.78, 5) is 4.28. The molecule has 2 heterocycles. The van der Waals surface area contributed by atoms with Crippen LogP contribution in [0.2, 0.25) is 5.15 Å². The standard InChI is InChI=1S/C11H14ClN3.ClH/c1-8(2)13-7-9-11(12)14-10-5-3-4-6-15(9)10;/h3-6,8,13H,7H2,1-2H3;1H. The van der Waals surface area contributed by atoms with E-state index in [1.165, 1.54) is 0 Å². The van der Waals surface area contributed by atoms with Gasteiger partial charge in [-0.15, -0.1) is 12.4 Å². The van der Waals surface area contributed by atoms with Crippen LogP contribution in [0.5, 0.6) is 0 Å². The molecule has 0 atom stereocenters. The Bertz CT molecular complexity index is 465. The van der Waals surface area contributed by atoms with E-state index < -0.39 is 0 Å². The monoisotopic (exact) mass is 259 g/mol. The Balaban J connectivity index is 0.00000128. The van der Waals surface area contributed by atoms with Gasteiger partial charge in [-0.2, -0.15) is 0 Å². The van der Waals surface area contributed by atoms with Crippen molar-refractivity contribution in [2.45, 2.75) is 26.4 Å². The van der Waals surface area contributed by atoms with Gasteiger partial charge >= 0.3 is 0 Å². The lowest BCUT2D eigenvalue weighted by Gasteiger charge is -2.07. The van der Waals surface area contributed by atoms with E-state index in [1.54, 1.807) is 0 Å². The van der Waals surface area contributed by atoms with E-state index in [9.17, 15) is 0 Å². The minimum Gasteiger partial charge on any atom is -0.309 e. The van der Waals surface area contributed by atoms with Crippen LogP contribution in [0.3, 0.4) is 0 Å². The van der Waals surface area contributed by atoms with E-state index in [2.05, 4.69) is 24.1 Å². The molecule has 2 aromatic rings. The molecule has 0 unspecified atom stereocenters. The normalized spacial score (nSPS) is 10.8. The SMILES string of the molecule is CC(C)NCc1c(Cl)nc2ccccn12.Cl. The lowest BCUT2D eigenvalue weighted by molar-refractivity contribution is 0.579. The molecule has 5 heteroatoms. The maximum absolute atomic E-state index is 6.08. The third-order valence-corrected chi connectivity index (χ3v) is 2.56. The number of nitrogens with one attached hydrogen (secondary N) is 1. The Labute approximate surface area is 106 Å². The van der Waals surface area contributed by atoms with Crippen LogP contribution in [0.1, 0.15) is 19.5 Å². The van der Waals surface area contributed by atoms with Gasteiger partial charge in [0.1, 0.15) is 5.65 Å². The topological polar surface area (TPSA) is 29.3 Å². The smallest absolute Gasteiger partial charge is 0.152 e. The van der Waals surface area contributed by atoms with E-state index in [0.29, 0.717) is 11.2 Å². The maximum Gasteiger partial charge on any atom is 0.152 e. The maximum atomic E-state index is 6.08. The van der Waals surface area contributed by atoms with Crippen LogP contribution < -0.4 is 5.32 Å². The second-order valence-electron chi connectivity index (χ2n) is 3.81. The van der Waals surface area contributed by atoms with Gasteiger partial charge in [0.25, 0.3) is 0 Å². The summed E-state index contributed by atoms with van der Waals surface area (Å²) >= 11 is 6.08. The highest BCUT2D eigenvalue weighted by molar-refractivity contribution is 6.30. The predicted molar refractivity (Wildman–Crippen MR) is 69.4 cm³/mol. The summed E-state index contributed by atoms with van der Waals surface area (Å²) in [6, 6.07) is 6.32. The Hall–Kier alpha value is -0.770. The number of nitrogens with zero attached hydrogens (tertiary/aromatic N) is 2. The Morgan fingerprint density at radius 1 is 1.44 bits per heavy atom. The fraction of sp³-hybridized carbons (Fsp3) is 0.364. The van der Waals surface area contributed by atoms with Crippen LogP contribution in [-0.4, -0.2) is 15.4 Å². The van der Waals surface area contributed by atoms with Gasteiger partial charge in [-0.05, 0) is 12.1 Å². The van der Waals surface area contributed by atoms with Crippen LogP contribution in [-0.2, 0) is 6.54 Å². The third kappa shape index (κ3) is 2.67. The molecule has 0 amide bonds. The van der Waals surface area contributed by atoms with Gasteiger partial charge in [-0.1, -0.05) is 31.5 Å². The van der Waals surface area contributed by atoms with Crippen molar-refractivity contribution in [2.75, 3.05) is 0 Å². The number of aromatic nitrogens is 2. The largest absolute Gasteiger partial charge is 0.309 e. The molecule has 2 rings (SSSR count). The molecule has 3 nitrogen and oxygen atoms in total. The second-order valence-corrected chi connectivity index (χ2v) is 4.17. The molecule has 0 aromatic carbocycles. The highest BCUT2D eigenvalue weighted by atomic mass is 35.5. The first kappa shape index (κ1) is 13.3. The lowest BCUT2D eigenvalue weighted by Crippen LogP contribution is -2.22. The van der Waals surface area contributed by atoms with Crippen molar-refractivity contribution < 1.29 is 0 Å². The van der Waals surface area contributed by atoms with Gasteiger partial charge in [0, 0.05) is 18.8 Å². The van der Waals surface area contributed by atoms with Crippen molar-refractivity contribution >= 4 is 29.7 Å². The van der Waals surface area contributed by atoms with Crippen LogP contribution >= 0.6 is 24.0 Å². The van der Waals surface area contributed by atoms with Gasteiger partial charge in [0.15, 0.2) is 5.15 Å². The summed E-state index contributed by atoms with van der Waals surface area (Å²) in [5, 5.41) is 3.91. The summed E-state index contributed by atoms with van der Waals surface area (Å²) in [6.45, 7) is 4.95. The van der Waals surface area contributed by atoms with Crippen LogP contribution in [0, 0.1) is 0 Å². The molecule has 0 bridgehead atoms. The van der Waals surface area contributed by atoms with Gasteiger partial charge in [0.2, 0.25) is 0 Å². The molecule has 0 saturated heterocycles. The average Bonchev–Trinajstić information content (AvgIpc) is 2.50. The molecule has 2 aromatic heterocycles. The molecule has 0 aliphatic rings.